The fraction of sp³-hybridized carbons (Fsp3) is 0.435. The van der Waals surface area contributed by atoms with Crippen molar-refractivity contribution in [2.75, 3.05) is 19.7 Å². The second kappa shape index (κ2) is 10.1. The number of carbonyl (C=O) groups excluding carboxylic acids is 1. The number of nitrogens with zero attached hydrogens (tertiary/aromatic N) is 1. The zero-order valence-corrected chi connectivity index (χ0v) is 20.6. The normalized spacial score (nSPS) is 19.1. The Balaban J connectivity index is 1.83. The lowest BCUT2D eigenvalue weighted by Gasteiger charge is -2.39. The number of piperidine rings is 1. The van der Waals surface area contributed by atoms with Crippen LogP contribution < -0.4 is 9.88 Å². The Bertz CT molecular complexity index is 1150. The summed E-state index contributed by atoms with van der Waals surface area (Å²) in [6.07, 6.45) is 0.123. The van der Waals surface area contributed by atoms with E-state index in [-0.39, 0.29) is 25.0 Å². The van der Waals surface area contributed by atoms with Crippen molar-refractivity contribution in [3.8, 4) is 5.75 Å². The predicted octanol–water partition coefficient (Wildman–Crippen LogP) is 4.69. The van der Waals surface area contributed by atoms with Crippen LogP contribution in [0.4, 0.5) is 13.6 Å². The molecule has 1 heterocycles. The number of ether oxygens (including phenoxy) is 2. The molecule has 0 saturated carbocycles. The van der Waals surface area contributed by atoms with Crippen LogP contribution in [0.2, 0.25) is 5.02 Å². The first-order chi connectivity index (χ1) is 15.7. The number of nitrogens with two attached hydrogens (primary N) is 1. The van der Waals surface area contributed by atoms with Gasteiger partial charge in [0.15, 0.2) is 11.6 Å². The number of likely N-dealkylation sites (tertiary alicyclic amines) is 1. The molecule has 0 aromatic heterocycles. The molecule has 3 rings (SSSR count). The van der Waals surface area contributed by atoms with Crippen LogP contribution >= 0.6 is 11.6 Å². The van der Waals surface area contributed by atoms with Gasteiger partial charge in [0, 0.05) is 36.2 Å². The summed E-state index contributed by atoms with van der Waals surface area (Å²) in [4.78, 5) is 13.2. The monoisotopic (exact) mass is 516 g/mol. The average Bonchev–Trinajstić information content (AvgIpc) is 2.72. The third-order valence-corrected chi connectivity index (χ3v) is 6.61. The summed E-state index contributed by atoms with van der Waals surface area (Å²) < 4.78 is 62.6. The van der Waals surface area contributed by atoms with Crippen molar-refractivity contribution in [3.05, 3.63) is 58.6 Å². The molecular formula is C23H27ClF2N2O5S. The molecule has 1 aliphatic heterocycles. The molecule has 0 radical (unpaired) electrons. The van der Waals surface area contributed by atoms with Crippen LogP contribution in [0.15, 0.2) is 41.3 Å². The van der Waals surface area contributed by atoms with E-state index in [1.807, 2.05) is 12.1 Å². The number of amides is 1. The van der Waals surface area contributed by atoms with E-state index in [9.17, 15) is 22.0 Å². The number of primary sulfonamides is 1. The highest BCUT2D eigenvalue weighted by Gasteiger charge is 2.35. The molecule has 2 aromatic carbocycles. The molecule has 11 heteroatoms. The van der Waals surface area contributed by atoms with E-state index in [0.717, 1.165) is 5.56 Å². The van der Waals surface area contributed by atoms with Gasteiger partial charge in [-0.25, -0.2) is 27.1 Å². The van der Waals surface area contributed by atoms with Crippen molar-refractivity contribution in [1.82, 2.24) is 4.90 Å². The Labute approximate surface area is 202 Å². The first-order valence-corrected chi connectivity index (χ1v) is 12.5. The van der Waals surface area contributed by atoms with E-state index in [4.69, 9.17) is 26.2 Å². The number of carbonyl (C=O) groups is 1. The minimum Gasteiger partial charge on any atom is -0.490 e. The molecular weight excluding hydrogens is 490 g/mol. The zero-order valence-electron chi connectivity index (χ0n) is 19.1. The number of hydrogen-bond acceptors (Lipinski definition) is 5. The molecule has 1 amide bonds. The van der Waals surface area contributed by atoms with Crippen LogP contribution in [-0.2, 0) is 14.8 Å². The third kappa shape index (κ3) is 6.58. The average molecular weight is 517 g/mol. The Morgan fingerprint density at radius 1 is 1.18 bits per heavy atom. The molecule has 2 aromatic rings. The van der Waals surface area contributed by atoms with Gasteiger partial charge in [-0.05, 0) is 50.8 Å². The van der Waals surface area contributed by atoms with Gasteiger partial charge in [-0.2, -0.15) is 0 Å². The number of rotatable bonds is 5. The van der Waals surface area contributed by atoms with E-state index < -0.39 is 44.0 Å². The summed E-state index contributed by atoms with van der Waals surface area (Å²) in [7, 11) is -4.43. The van der Waals surface area contributed by atoms with E-state index in [0.29, 0.717) is 30.1 Å². The van der Waals surface area contributed by atoms with Gasteiger partial charge in [-0.15, -0.1) is 0 Å². The predicted molar refractivity (Wildman–Crippen MR) is 123 cm³/mol. The largest absolute Gasteiger partial charge is 0.490 e. The van der Waals surface area contributed by atoms with Crippen LogP contribution in [0.5, 0.6) is 5.75 Å². The maximum absolute atomic E-state index is 14.5. The zero-order chi connectivity index (χ0) is 25.3. The summed E-state index contributed by atoms with van der Waals surface area (Å²) in [5.74, 6) is -3.06. The molecule has 0 aliphatic carbocycles. The Morgan fingerprint density at radius 3 is 2.41 bits per heavy atom. The number of benzene rings is 2. The molecule has 34 heavy (non-hydrogen) atoms. The van der Waals surface area contributed by atoms with Gasteiger partial charge in [0.1, 0.15) is 16.3 Å². The van der Waals surface area contributed by atoms with Gasteiger partial charge in [-0.3, -0.25) is 0 Å². The van der Waals surface area contributed by atoms with E-state index in [1.165, 1.54) is 0 Å². The standard InChI is InChI=1S/C23H27ClF2N2O5S/c1-23(2,3)33-22(29)28-9-8-17(14-4-6-16(24)7-5-14)15(12-28)13-32-20-10-19(26)21(11-18(20)25)34(27,30)31/h4-7,10-11,15,17H,8-9,12-13H2,1-3H3,(H2,27,30,31)/t15-,17-/m1/s1. The van der Waals surface area contributed by atoms with Gasteiger partial charge in [0.25, 0.3) is 0 Å². The van der Waals surface area contributed by atoms with Crippen LogP contribution in [0.1, 0.15) is 38.7 Å². The maximum Gasteiger partial charge on any atom is 0.410 e. The van der Waals surface area contributed by atoms with Crippen molar-refractivity contribution in [3.63, 3.8) is 0 Å². The van der Waals surface area contributed by atoms with Crippen molar-refractivity contribution in [1.29, 1.82) is 0 Å². The fourth-order valence-corrected chi connectivity index (χ4v) is 4.60. The molecule has 2 N–H and O–H groups in total. The SMILES string of the molecule is CC(C)(C)OC(=O)N1CC[C@H](c2ccc(Cl)cc2)[C@@H](COc2cc(F)c(S(N)(=O)=O)cc2F)C1. The smallest absolute Gasteiger partial charge is 0.410 e. The number of halogens is 3. The van der Waals surface area contributed by atoms with Gasteiger partial charge in [0.2, 0.25) is 10.0 Å². The fourth-order valence-electron chi connectivity index (χ4n) is 3.88. The van der Waals surface area contributed by atoms with Gasteiger partial charge < -0.3 is 14.4 Å². The van der Waals surface area contributed by atoms with Crippen LogP contribution in [-0.4, -0.2) is 44.7 Å². The van der Waals surface area contributed by atoms with Gasteiger partial charge >= 0.3 is 6.09 Å². The molecule has 0 bridgehead atoms. The second-order valence-electron chi connectivity index (χ2n) is 9.20. The van der Waals surface area contributed by atoms with Gasteiger partial charge in [-0.1, -0.05) is 23.7 Å². The van der Waals surface area contributed by atoms with Crippen molar-refractivity contribution in [2.24, 2.45) is 11.1 Å². The highest BCUT2D eigenvalue weighted by Crippen LogP contribution is 2.35. The summed E-state index contributed by atoms with van der Waals surface area (Å²) in [6.45, 7) is 5.97. The van der Waals surface area contributed by atoms with Crippen molar-refractivity contribution in [2.45, 2.75) is 43.6 Å². The lowest BCUT2D eigenvalue weighted by Crippen LogP contribution is -2.46. The molecule has 0 spiro atoms. The quantitative estimate of drug-likeness (QED) is 0.622. The molecule has 1 aliphatic rings. The van der Waals surface area contributed by atoms with Gasteiger partial charge in [0.05, 0.1) is 6.61 Å². The molecule has 186 valence electrons. The van der Waals surface area contributed by atoms with E-state index in [1.54, 1.807) is 37.8 Å². The van der Waals surface area contributed by atoms with Crippen LogP contribution in [0.3, 0.4) is 0 Å². The summed E-state index contributed by atoms with van der Waals surface area (Å²) in [5, 5.41) is 5.49. The lowest BCUT2D eigenvalue weighted by molar-refractivity contribution is 0.0110. The first kappa shape index (κ1) is 26.2. The minimum absolute atomic E-state index is 0.0486. The van der Waals surface area contributed by atoms with E-state index >= 15 is 0 Å². The van der Waals surface area contributed by atoms with Crippen LogP contribution in [0, 0.1) is 17.6 Å². The molecule has 1 fully saturated rings. The molecule has 7 nitrogen and oxygen atoms in total. The summed E-state index contributed by atoms with van der Waals surface area (Å²) in [5.41, 5.74) is 0.306. The number of hydrogen-bond donors (Lipinski definition) is 1. The lowest BCUT2D eigenvalue weighted by atomic mass is 9.81. The highest BCUT2D eigenvalue weighted by atomic mass is 35.5. The first-order valence-electron chi connectivity index (χ1n) is 10.6. The van der Waals surface area contributed by atoms with Crippen molar-refractivity contribution >= 4 is 27.7 Å². The topological polar surface area (TPSA) is 98.9 Å². The highest BCUT2D eigenvalue weighted by molar-refractivity contribution is 7.89. The maximum atomic E-state index is 14.5. The Kier molecular flexibility index (Phi) is 7.74. The summed E-state index contributed by atoms with van der Waals surface area (Å²) >= 11 is 6.01. The Hall–Kier alpha value is -2.43. The molecule has 1 saturated heterocycles. The number of sulfonamides is 1. The van der Waals surface area contributed by atoms with Crippen molar-refractivity contribution < 1.29 is 31.5 Å². The molecule has 2 atom stereocenters. The van der Waals surface area contributed by atoms with Crippen LogP contribution in [0.25, 0.3) is 0 Å². The second-order valence-corrected chi connectivity index (χ2v) is 11.2. The minimum atomic E-state index is -4.43. The summed E-state index contributed by atoms with van der Waals surface area (Å²) in [6, 6.07) is 8.42. The third-order valence-electron chi connectivity index (χ3n) is 5.43. The Morgan fingerprint density at radius 2 is 1.82 bits per heavy atom. The molecule has 0 unspecified atom stereocenters. The van der Waals surface area contributed by atoms with E-state index in [2.05, 4.69) is 0 Å².